The minimum atomic E-state index is -0.236. The Hall–Kier alpha value is -1.46. The number of hydrogen-bond acceptors (Lipinski definition) is 4. The second kappa shape index (κ2) is 6.93. The first-order chi connectivity index (χ1) is 12.2. The van der Waals surface area contributed by atoms with Gasteiger partial charge in [-0.1, -0.05) is 18.5 Å². The molecule has 1 fully saturated rings. The number of amides is 2. The van der Waals surface area contributed by atoms with E-state index < -0.39 is 0 Å². The molecule has 1 aromatic rings. The van der Waals surface area contributed by atoms with Gasteiger partial charge in [-0.15, -0.1) is 0 Å². The monoisotopic (exact) mass is 392 g/mol. The van der Waals surface area contributed by atoms with Crippen molar-refractivity contribution in [3.05, 3.63) is 33.2 Å². The van der Waals surface area contributed by atoms with Crippen molar-refractivity contribution in [3.8, 4) is 0 Å². The van der Waals surface area contributed by atoms with Gasteiger partial charge in [0.2, 0.25) is 0 Å². The smallest absolute Gasteiger partial charge is 0.293 e. The molecular formula is C20H25ClN2O2S. The number of anilines is 1. The summed E-state index contributed by atoms with van der Waals surface area (Å²) >= 11 is 7.55. The molecule has 0 N–H and O–H groups in total. The van der Waals surface area contributed by atoms with Crippen LogP contribution in [-0.2, 0) is 4.79 Å². The Morgan fingerprint density at radius 2 is 1.96 bits per heavy atom. The fraction of sp³-hybridized carbons (Fsp3) is 0.500. The summed E-state index contributed by atoms with van der Waals surface area (Å²) in [4.78, 5) is 28.4. The van der Waals surface area contributed by atoms with Crippen molar-refractivity contribution in [2.75, 3.05) is 18.0 Å². The van der Waals surface area contributed by atoms with Crippen LogP contribution in [0.15, 0.2) is 17.0 Å². The molecule has 1 unspecified atom stereocenters. The number of rotatable bonds is 3. The number of halogens is 1. The molecule has 140 valence electrons. The highest BCUT2D eigenvalue weighted by molar-refractivity contribution is 8.18. The molecule has 2 heterocycles. The van der Waals surface area contributed by atoms with E-state index in [4.69, 9.17) is 11.6 Å². The molecular weight excluding hydrogens is 368 g/mol. The van der Waals surface area contributed by atoms with Gasteiger partial charge in [-0.25, -0.2) is 0 Å². The lowest BCUT2D eigenvalue weighted by atomic mass is 9.79. The van der Waals surface area contributed by atoms with Crippen LogP contribution in [0.1, 0.15) is 58.1 Å². The van der Waals surface area contributed by atoms with Gasteiger partial charge in [0.1, 0.15) is 0 Å². The van der Waals surface area contributed by atoms with Gasteiger partial charge in [0.25, 0.3) is 11.1 Å². The lowest BCUT2D eigenvalue weighted by molar-refractivity contribution is -0.122. The summed E-state index contributed by atoms with van der Waals surface area (Å²) in [7, 11) is 0. The molecule has 2 aliphatic rings. The van der Waals surface area contributed by atoms with Gasteiger partial charge in [-0.3, -0.25) is 14.5 Å². The fourth-order valence-electron chi connectivity index (χ4n) is 4.14. The molecule has 0 saturated carbocycles. The maximum Gasteiger partial charge on any atom is 0.293 e. The summed E-state index contributed by atoms with van der Waals surface area (Å²) < 4.78 is 0. The predicted octanol–water partition coefficient (Wildman–Crippen LogP) is 5.51. The van der Waals surface area contributed by atoms with Crippen molar-refractivity contribution in [2.45, 2.75) is 52.5 Å². The number of thioether (sulfide) groups is 1. The van der Waals surface area contributed by atoms with Crippen LogP contribution in [0.5, 0.6) is 0 Å². The van der Waals surface area contributed by atoms with E-state index in [-0.39, 0.29) is 16.7 Å². The van der Waals surface area contributed by atoms with Crippen LogP contribution in [0.3, 0.4) is 0 Å². The molecule has 3 rings (SSSR count). The van der Waals surface area contributed by atoms with Crippen LogP contribution in [0, 0.1) is 0 Å². The number of nitrogens with zero attached hydrogens (tertiary/aromatic N) is 2. The standard InChI is InChI=1S/C20H25ClN2O2S/c1-6-22-18(24)17(26-19(22)25)9-13-8-14-12(3)11-20(4,5)23(7-2)16(14)10-15(13)21/h8-10,12H,6-7,11H2,1-5H3/b17-9+. The molecule has 6 heteroatoms. The van der Waals surface area contributed by atoms with E-state index in [0.717, 1.165) is 30.3 Å². The zero-order valence-electron chi connectivity index (χ0n) is 15.9. The number of fused-ring (bicyclic) bond motifs is 1. The maximum atomic E-state index is 12.4. The third kappa shape index (κ3) is 3.16. The van der Waals surface area contributed by atoms with Crippen LogP contribution in [0.2, 0.25) is 5.02 Å². The molecule has 1 atom stereocenters. The van der Waals surface area contributed by atoms with Crippen molar-refractivity contribution in [3.63, 3.8) is 0 Å². The third-order valence-electron chi connectivity index (χ3n) is 5.30. The molecule has 0 radical (unpaired) electrons. The topological polar surface area (TPSA) is 40.6 Å². The lowest BCUT2D eigenvalue weighted by Gasteiger charge is -2.47. The average Bonchev–Trinajstić information content (AvgIpc) is 2.81. The van der Waals surface area contributed by atoms with Crippen LogP contribution >= 0.6 is 23.4 Å². The molecule has 0 bridgehead atoms. The molecule has 1 aromatic carbocycles. The van der Waals surface area contributed by atoms with Crippen molar-refractivity contribution in [2.24, 2.45) is 0 Å². The Morgan fingerprint density at radius 3 is 2.54 bits per heavy atom. The number of likely N-dealkylation sites (N-methyl/N-ethyl adjacent to an activating group) is 1. The van der Waals surface area contributed by atoms with Gasteiger partial charge < -0.3 is 4.90 Å². The Kier molecular flexibility index (Phi) is 5.15. The van der Waals surface area contributed by atoms with Gasteiger partial charge in [0.15, 0.2) is 0 Å². The van der Waals surface area contributed by atoms with Crippen LogP contribution in [0.25, 0.3) is 6.08 Å². The van der Waals surface area contributed by atoms with E-state index in [2.05, 4.69) is 38.7 Å². The van der Waals surface area contributed by atoms with Crippen LogP contribution in [-0.4, -0.2) is 34.7 Å². The van der Waals surface area contributed by atoms with E-state index in [1.807, 2.05) is 6.07 Å². The van der Waals surface area contributed by atoms with E-state index in [0.29, 0.717) is 22.4 Å². The average molecular weight is 393 g/mol. The third-order valence-corrected chi connectivity index (χ3v) is 6.53. The van der Waals surface area contributed by atoms with Crippen LogP contribution in [0.4, 0.5) is 10.5 Å². The zero-order chi connectivity index (χ0) is 19.2. The van der Waals surface area contributed by atoms with E-state index in [9.17, 15) is 9.59 Å². The summed E-state index contributed by atoms with van der Waals surface area (Å²) in [5.74, 6) is 0.165. The second-order valence-electron chi connectivity index (χ2n) is 7.52. The Labute approximate surface area is 164 Å². The Morgan fingerprint density at radius 1 is 1.27 bits per heavy atom. The highest BCUT2D eigenvalue weighted by atomic mass is 35.5. The zero-order valence-corrected chi connectivity index (χ0v) is 17.5. The van der Waals surface area contributed by atoms with Gasteiger partial charge in [0.05, 0.1) is 4.91 Å². The summed E-state index contributed by atoms with van der Waals surface area (Å²) in [6, 6.07) is 4.09. The van der Waals surface area contributed by atoms with E-state index in [1.165, 1.54) is 16.2 Å². The quantitative estimate of drug-likeness (QED) is 0.636. The van der Waals surface area contributed by atoms with Crippen molar-refractivity contribution in [1.82, 2.24) is 4.90 Å². The Balaban J connectivity index is 2.05. The number of hydrogen-bond donors (Lipinski definition) is 0. The molecule has 2 aliphatic heterocycles. The second-order valence-corrected chi connectivity index (χ2v) is 8.92. The number of imide groups is 1. The maximum absolute atomic E-state index is 12.4. The van der Waals surface area contributed by atoms with Gasteiger partial charge in [0, 0.05) is 29.3 Å². The molecule has 0 aliphatic carbocycles. The van der Waals surface area contributed by atoms with Crippen molar-refractivity contribution < 1.29 is 9.59 Å². The van der Waals surface area contributed by atoms with Crippen molar-refractivity contribution in [1.29, 1.82) is 0 Å². The fourth-order valence-corrected chi connectivity index (χ4v) is 5.25. The minimum absolute atomic E-state index is 0.0792. The Bertz CT molecular complexity index is 803. The molecule has 0 aromatic heterocycles. The summed E-state index contributed by atoms with van der Waals surface area (Å²) in [5, 5.41) is 0.389. The summed E-state index contributed by atoms with van der Waals surface area (Å²) in [6.07, 6.45) is 2.81. The molecule has 4 nitrogen and oxygen atoms in total. The number of carbonyl (C=O) groups is 2. The SMILES string of the molecule is CCN1C(=O)S/C(=C/c2cc3c(cc2Cl)N(CC)C(C)(C)CC3C)C1=O. The molecule has 26 heavy (non-hydrogen) atoms. The molecule has 1 saturated heterocycles. The van der Waals surface area contributed by atoms with Crippen molar-refractivity contribution >= 4 is 46.3 Å². The van der Waals surface area contributed by atoms with E-state index >= 15 is 0 Å². The number of benzene rings is 1. The first kappa shape index (κ1) is 19.3. The van der Waals surface area contributed by atoms with Gasteiger partial charge in [-0.05, 0) is 81.1 Å². The summed E-state index contributed by atoms with van der Waals surface area (Å²) in [6.45, 7) is 12.0. The molecule has 0 spiro atoms. The summed E-state index contributed by atoms with van der Waals surface area (Å²) in [5.41, 5.74) is 3.29. The highest BCUT2D eigenvalue weighted by Gasteiger charge is 2.37. The minimum Gasteiger partial charge on any atom is -0.366 e. The predicted molar refractivity (Wildman–Crippen MR) is 110 cm³/mol. The highest BCUT2D eigenvalue weighted by Crippen LogP contribution is 2.45. The van der Waals surface area contributed by atoms with Gasteiger partial charge in [-0.2, -0.15) is 0 Å². The first-order valence-electron chi connectivity index (χ1n) is 9.06. The first-order valence-corrected chi connectivity index (χ1v) is 10.3. The van der Waals surface area contributed by atoms with Crippen LogP contribution < -0.4 is 4.90 Å². The normalized spacial score (nSPS) is 23.8. The van der Waals surface area contributed by atoms with Gasteiger partial charge >= 0.3 is 0 Å². The largest absolute Gasteiger partial charge is 0.366 e. The lowest BCUT2D eigenvalue weighted by Crippen LogP contribution is -2.48. The van der Waals surface area contributed by atoms with E-state index in [1.54, 1.807) is 13.0 Å². The number of carbonyl (C=O) groups excluding carboxylic acids is 2. The molecule has 2 amide bonds.